The van der Waals surface area contributed by atoms with E-state index in [2.05, 4.69) is 15.6 Å². The molecule has 12 heteroatoms. The van der Waals surface area contributed by atoms with Gasteiger partial charge in [-0.25, -0.2) is 8.42 Å². The zero-order valence-electron chi connectivity index (χ0n) is 16.0. The lowest BCUT2D eigenvalue weighted by molar-refractivity contribution is -0.0494. The average molecular weight is 542 g/mol. The summed E-state index contributed by atoms with van der Waals surface area (Å²) in [5.41, 5.74) is -6.07. The summed E-state index contributed by atoms with van der Waals surface area (Å²) in [6.07, 6.45) is 5.00. The first-order valence-electron chi connectivity index (χ1n) is 9.41. The van der Waals surface area contributed by atoms with Crippen molar-refractivity contribution in [2.24, 2.45) is 4.99 Å². The van der Waals surface area contributed by atoms with E-state index >= 15 is 0 Å². The number of aliphatic imine (C=N–C) groups is 1. The van der Waals surface area contributed by atoms with Gasteiger partial charge in [0, 0.05) is 25.7 Å². The van der Waals surface area contributed by atoms with Crippen LogP contribution in [0.4, 0.5) is 13.2 Å². The van der Waals surface area contributed by atoms with E-state index in [0.29, 0.717) is 29.7 Å². The Morgan fingerprint density at radius 2 is 1.79 bits per heavy atom. The van der Waals surface area contributed by atoms with E-state index in [9.17, 15) is 26.7 Å². The van der Waals surface area contributed by atoms with Gasteiger partial charge in [0.05, 0.1) is 12.1 Å². The molecule has 0 atom stereocenters. The van der Waals surface area contributed by atoms with Gasteiger partial charge >= 0.3 is 15.5 Å². The number of rotatable bonds is 5. The van der Waals surface area contributed by atoms with Gasteiger partial charge in [0.15, 0.2) is 5.96 Å². The second kappa shape index (κ2) is 10.6. The van der Waals surface area contributed by atoms with Gasteiger partial charge < -0.3 is 15.7 Å². The Morgan fingerprint density at radius 3 is 2.29 bits per heavy atom. The Balaban J connectivity index is 0.00000392. The first kappa shape index (κ1) is 25.7. The van der Waals surface area contributed by atoms with Crippen LogP contribution in [0.25, 0.3) is 0 Å². The molecule has 0 aromatic heterocycles. The summed E-state index contributed by atoms with van der Waals surface area (Å²) < 4.78 is 61.3. The summed E-state index contributed by atoms with van der Waals surface area (Å²) in [6, 6.07) is -0.177. The molecule has 2 aliphatic rings. The Bertz CT molecular complexity index is 617. The van der Waals surface area contributed by atoms with E-state index in [-0.39, 0.29) is 62.5 Å². The first-order chi connectivity index (χ1) is 12.6. The molecule has 0 aromatic carbocycles. The molecule has 1 saturated heterocycles. The highest BCUT2D eigenvalue weighted by Gasteiger charge is 2.50. The Labute approximate surface area is 181 Å². The van der Waals surface area contributed by atoms with E-state index in [1.165, 1.54) is 0 Å². The fourth-order valence-electron chi connectivity index (χ4n) is 3.49. The number of alkyl halides is 3. The van der Waals surface area contributed by atoms with E-state index in [0.717, 1.165) is 19.3 Å². The molecule has 2 fully saturated rings. The zero-order chi connectivity index (χ0) is 20.1. The molecule has 7 nitrogen and oxygen atoms in total. The standard InChI is InChI=1S/C16H29F3N4O3S.HI/c1-2-20-14(21-12-15(24)8-4-3-5-9-15)22-13-6-10-23(11-7-13)27(25,26)16(17,18)19;/h13,24H,2-12H2,1H3,(H2,20,21,22);1H. The third-order valence-electron chi connectivity index (χ3n) is 5.09. The summed E-state index contributed by atoms with van der Waals surface area (Å²) in [4.78, 5) is 4.44. The largest absolute Gasteiger partial charge is 0.511 e. The van der Waals surface area contributed by atoms with Gasteiger partial charge in [0.2, 0.25) is 0 Å². The monoisotopic (exact) mass is 542 g/mol. The highest BCUT2D eigenvalue weighted by molar-refractivity contribution is 14.0. The molecule has 1 aliphatic carbocycles. The van der Waals surface area contributed by atoms with Crippen molar-refractivity contribution in [2.75, 3.05) is 26.2 Å². The number of sulfonamides is 1. The molecular weight excluding hydrogens is 512 g/mol. The van der Waals surface area contributed by atoms with Crippen molar-refractivity contribution in [2.45, 2.75) is 69.0 Å². The van der Waals surface area contributed by atoms with Gasteiger partial charge in [0.25, 0.3) is 0 Å². The molecule has 1 heterocycles. The number of guanidine groups is 1. The van der Waals surface area contributed by atoms with Crippen molar-refractivity contribution in [1.29, 1.82) is 0 Å². The average Bonchev–Trinajstić information content (AvgIpc) is 2.60. The summed E-state index contributed by atoms with van der Waals surface area (Å²) in [5, 5.41) is 16.8. The second-order valence-corrected chi connectivity index (χ2v) is 9.18. The van der Waals surface area contributed by atoms with Crippen LogP contribution in [0.5, 0.6) is 0 Å². The van der Waals surface area contributed by atoms with Crippen LogP contribution in [0.3, 0.4) is 0 Å². The van der Waals surface area contributed by atoms with Crippen molar-refractivity contribution in [3.05, 3.63) is 0 Å². The molecule has 0 spiro atoms. The SMILES string of the molecule is CCNC(=NCC1(O)CCCCC1)NC1CCN(S(=O)(=O)C(F)(F)F)CC1.I. The fraction of sp³-hybridized carbons (Fsp3) is 0.938. The molecule has 1 aliphatic heterocycles. The number of piperidine rings is 1. The normalized spacial score (nSPS) is 22.4. The quantitative estimate of drug-likeness (QED) is 0.282. The van der Waals surface area contributed by atoms with Gasteiger partial charge in [-0.3, -0.25) is 4.99 Å². The molecule has 2 rings (SSSR count). The molecule has 1 saturated carbocycles. The number of hydrogen-bond donors (Lipinski definition) is 3. The van der Waals surface area contributed by atoms with Crippen LogP contribution in [0.2, 0.25) is 0 Å². The van der Waals surface area contributed by atoms with Gasteiger partial charge in [-0.05, 0) is 32.6 Å². The van der Waals surface area contributed by atoms with Gasteiger partial charge in [-0.1, -0.05) is 19.3 Å². The highest BCUT2D eigenvalue weighted by atomic mass is 127. The highest BCUT2D eigenvalue weighted by Crippen LogP contribution is 2.29. The van der Waals surface area contributed by atoms with Crippen LogP contribution in [0.15, 0.2) is 4.99 Å². The van der Waals surface area contributed by atoms with Crippen molar-refractivity contribution in [3.8, 4) is 0 Å². The molecule has 28 heavy (non-hydrogen) atoms. The lowest BCUT2D eigenvalue weighted by Crippen LogP contribution is -2.52. The van der Waals surface area contributed by atoms with Gasteiger partial charge in [-0.15, -0.1) is 24.0 Å². The van der Waals surface area contributed by atoms with Gasteiger partial charge in [0.1, 0.15) is 0 Å². The molecule has 0 radical (unpaired) electrons. The lowest BCUT2D eigenvalue weighted by Gasteiger charge is -2.33. The Morgan fingerprint density at radius 1 is 1.21 bits per heavy atom. The third-order valence-corrected chi connectivity index (χ3v) is 6.72. The topological polar surface area (TPSA) is 94.0 Å². The minimum atomic E-state index is -5.27. The van der Waals surface area contributed by atoms with Crippen LogP contribution in [-0.4, -0.2) is 67.1 Å². The lowest BCUT2D eigenvalue weighted by atomic mass is 9.85. The minimum absolute atomic E-state index is 0. The molecule has 0 bridgehead atoms. The predicted octanol–water partition coefficient (Wildman–Crippen LogP) is 2.17. The minimum Gasteiger partial charge on any atom is -0.388 e. The Hall–Kier alpha value is -0.340. The molecule has 3 N–H and O–H groups in total. The molecular formula is C16H30F3IN4O3S. The summed E-state index contributed by atoms with van der Waals surface area (Å²) in [7, 11) is -5.27. The number of halogens is 4. The van der Waals surface area contributed by atoms with Crippen molar-refractivity contribution < 1.29 is 26.7 Å². The van der Waals surface area contributed by atoms with Crippen LogP contribution in [-0.2, 0) is 10.0 Å². The second-order valence-electron chi connectivity index (χ2n) is 7.25. The van der Waals surface area contributed by atoms with Crippen LogP contribution >= 0.6 is 24.0 Å². The third kappa shape index (κ3) is 6.87. The maximum atomic E-state index is 12.6. The molecule has 166 valence electrons. The van der Waals surface area contributed by atoms with Crippen LogP contribution in [0, 0.1) is 0 Å². The van der Waals surface area contributed by atoms with E-state index in [1.807, 2.05) is 6.92 Å². The summed E-state index contributed by atoms with van der Waals surface area (Å²) in [5.74, 6) is 0.494. The fourth-order valence-corrected chi connectivity index (χ4v) is 4.48. The predicted molar refractivity (Wildman–Crippen MR) is 112 cm³/mol. The van der Waals surface area contributed by atoms with Crippen LogP contribution < -0.4 is 10.6 Å². The maximum Gasteiger partial charge on any atom is 0.511 e. The van der Waals surface area contributed by atoms with Crippen molar-refractivity contribution in [3.63, 3.8) is 0 Å². The number of hydrogen-bond acceptors (Lipinski definition) is 4. The smallest absolute Gasteiger partial charge is 0.388 e. The summed E-state index contributed by atoms with van der Waals surface area (Å²) in [6.45, 7) is 2.38. The Kier molecular flexibility index (Phi) is 9.74. The summed E-state index contributed by atoms with van der Waals surface area (Å²) >= 11 is 0. The molecule has 0 amide bonds. The van der Waals surface area contributed by atoms with E-state index < -0.39 is 21.1 Å². The first-order valence-corrected chi connectivity index (χ1v) is 10.8. The van der Waals surface area contributed by atoms with Crippen molar-refractivity contribution in [1.82, 2.24) is 14.9 Å². The van der Waals surface area contributed by atoms with E-state index in [1.54, 1.807) is 0 Å². The van der Waals surface area contributed by atoms with Crippen LogP contribution in [0.1, 0.15) is 51.9 Å². The maximum absolute atomic E-state index is 12.6. The molecule has 0 unspecified atom stereocenters. The molecule has 0 aromatic rings. The van der Waals surface area contributed by atoms with E-state index in [4.69, 9.17) is 0 Å². The number of aliphatic hydroxyl groups is 1. The number of nitrogens with one attached hydrogen (secondary N) is 2. The van der Waals surface area contributed by atoms with Crippen molar-refractivity contribution >= 4 is 40.0 Å². The van der Waals surface area contributed by atoms with Gasteiger partial charge in [-0.2, -0.15) is 17.5 Å². The zero-order valence-corrected chi connectivity index (χ0v) is 19.1. The number of nitrogens with zero attached hydrogens (tertiary/aromatic N) is 2.